The molecule has 0 amide bonds. The van der Waals surface area contributed by atoms with E-state index in [0.717, 1.165) is 43.4 Å². The van der Waals surface area contributed by atoms with Crippen molar-refractivity contribution >= 4 is 5.97 Å². The van der Waals surface area contributed by atoms with Crippen LogP contribution in [-0.4, -0.2) is 23.7 Å². The predicted molar refractivity (Wildman–Crippen MR) is 70.3 cm³/mol. The highest BCUT2D eigenvalue weighted by Crippen LogP contribution is 2.51. The molecule has 18 heavy (non-hydrogen) atoms. The Morgan fingerprint density at radius 1 is 1.11 bits per heavy atom. The van der Waals surface area contributed by atoms with Crippen LogP contribution in [0.1, 0.15) is 51.4 Å². The summed E-state index contributed by atoms with van der Waals surface area (Å²) in [6.45, 7) is 1.18. The standard InChI is InChI=1S/C15H25NO2/c17-15(18)11-4-6-13(7-5-11)16-9-12-8-14(12)10-2-1-3-10/h10-14,16H,1-9H2,(H,17,18)/t11?,12-,13?,14-/m0/s1. The number of aliphatic carboxylic acids is 1. The lowest BCUT2D eigenvalue weighted by Crippen LogP contribution is -2.36. The van der Waals surface area contributed by atoms with Crippen molar-refractivity contribution in [3.05, 3.63) is 0 Å². The van der Waals surface area contributed by atoms with Crippen molar-refractivity contribution in [3.63, 3.8) is 0 Å². The molecule has 0 aromatic rings. The number of hydrogen-bond donors (Lipinski definition) is 2. The first-order chi connectivity index (χ1) is 8.74. The van der Waals surface area contributed by atoms with Crippen LogP contribution in [0, 0.1) is 23.7 Å². The molecule has 3 rings (SSSR count). The maximum Gasteiger partial charge on any atom is 0.306 e. The Morgan fingerprint density at radius 2 is 1.83 bits per heavy atom. The molecule has 0 aromatic heterocycles. The van der Waals surface area contributed by atoms with E-state index in [-0.39, 0.29) is 5.92 Å². The molecule has 3 fully saturated rings. The Kier molecular flexibility index (Phi) is 3.60. The third-order valence-electron chi connectivity index (χ3n) is 5.48. The van der Waals surface area contributed by atoms with Gasteiger partial charge in [0.05, 0.1) is 5.92 Å². The SMILES string of the molecule is O=C(O)C1CCC(NC[C@@H]2C[C@H]2C2CCC2)CC1. The van der Waals surface area contributed by atoms with Gasteiger partial charge in [0.25, 0.3) is 0 Å². The molecule has 0 heterocycles. The zero-order valence-electron chi connectivity index (χ0n) is 11.1. The summed E-state index contributed by atoms with van der Waals surface area (Å²) < 4.78 is 0. The van der Waals surface area contributed by atoms with Crippen LogP contribution in [0.25, 0.3) is 0 Å². The van der Waals surface area contributed by atoms with E-state index in [1.807, 2.05) is 0 Å². The first-order valence-electron chi connectivity index (χ1n) is 7.70. The zero-order valence-corrected chi connectivity index (χ0v) is 11.1. The second-order valence-electron chi connectivity index (χ2n) is 6.65. The smallest absolute Gasteiger partial charge is 0.306 e. The van der Waals surface area contributed by atoms with Crippen LogP contribution >= 0.6 is 0 Å². The Morgan fingerprint density at radius 3 is 2.39 bits per heavy atom. The fourth-order valence-corrected chi connectivity index (χ4v) is 3.81. The molecular weight excluding hydrogens is 226 g/mol. The van der Waals surface area contributed by atoms with Crippen molar-refractivity contribution in [2.45, 2.75) is 57.4 Å². The Balaban J connectivity index is 1.32. The lowest BCUT2D eigenvalue weighted by molar-refractivity contribution is -0.142. The van der Waals surface area contributed by atoms with Crippen LogP contribution in [0.2, 0.25) is 0 Å². The highest BCUT2D eigenvalue weighted by molar-refractivity contribution is 5.70. The monoisotopic (exact) mass is 251 g/mol. The van der Waals surface area contributed by atoms with E-state index in [1.165, 1.54) is 32.2 Å². The molecule has 0 aromatic carbocycles. The quantitative estimate of drug-likeness (QED) is 0.789. The highest BCUT2D eigenvalue weighted by atomic mass is 16.4. The third kappa shape index (κ3) is 2.71. The van der Waals surface area contributed by atoms with Crippen LogP contribution in [0.4, 0.5) is 0 Å². The Hall–Kier alpha value is -0.570. The van der Waals surface area contributed by atoms with Crippen LogP contribution in [0.3, 0.4) is 0 Å². The van der Waals surface area contributed by atoms with E-state index in [0.29, 0.717) is 6.04 Å². The molecule has 2 atom stereocenters. The van der Waals surface area contributed by atoms with E-state index in [9.17, 15) is 4.79 Å². The third-order valence-corrected chi connectivity index (χ3v) is 5.48. The molecule has 102 valence electrons. The zero-order chi connectivity index (χ0) is 12.5. The van der Waals surface area contributed by atoms with Gasteiger partial charge in [-0.3, -0.25) is 4.79 Å². The lowest BCUT2D eigenvalue weighted by atomic mass is 9.81. The molecule has 2 N–H and O–H groups in total. The van der Waals surface area contributed by atoms with Gasteiger partial charge in [0, 0.05) is 6.04 Å². The number of carboxylic acid groups (broad SMARTS) is 1. The van der Waals surface area contributed by atoms with Crippen LogP contribution < -0.4 is 5.32 Å². The summed E-state index contributed by atoms with van der Waals surface area (Å²) in [4.78, 5) is 10.9. The van der Waals surface area contributed by atoms with Gasteiger partial charge in [-0.05, 0) is 56.4 Å². The van der Waals surface area contributed by atoms with E-state index in [1.54, 1.807) is 0 Å². The number of hydrogen-bond acceptors (Lipinski definition) is 2. The van der Waals surface area contributed by atoms with Gasteiger partial charge in [-0.1, -0.05) is 19.3 Å². The molecule has 0 saturated heterocycles. The minimum Gasteiger partial charge on any atom is -0.481 e. The van der Waals surface area contributed by atoms with E-state index in [4.69, 9.17) is 5.11 Å². The van der Waals surface area contributed by atoms with Crippen molar-refractivity contribution in [2.75, 3.05) is 6.54 Å². The molecule has 0 unspecified atom stereocenters. The molecule has 3 saturated carbocycles. The highest BCUT2D eigenvalue weighted by Gasteiger charge is 2.44. The summed E-state index contributed by atoms with van der Waals surface area (Å²) in [7, 11) is 0. The molecule has 3 heteroatoms. The molecule has 3 aliphatic carbocycles. The summed E-state index contributed by atoms with van der Waals surface area (Å²) in [5.41, 5.74) is 0. The maximum atomic E-state index is 10.9. The van der Waals surface area contributed by atoms with Gasteiger partial charge in [0.2, 0.25) is 0 Å². The normalized spacial score (nSPS) is 40.2. The summed E-state index contributed by atoms with van der Waals surface area (Å²) in [6, 6.07) is 0.586. The minimum atomic E-state index is -0.597. The Bertz CT molecular complexity index is 306. The molecule has 3 nitrogen and oxygen atoms in total. The lowest BCUT2D eigenvalue weighted by Gasteiger charge is -2.28. The summed E-state index contributed by atoms with van der Waals surface area (Å²) in [5.74, 6) is 2.35. The number of carboxylic acids is 1. The molecule has 0 aliphatic heterocycles. The van der Waals surface area contributed by atoms with Gasteiger partial charge >= 0.3 is 5.97 Å². The van der Waals surface area contributed by atoms with Crippen molar-refractivity contribution < 1.29 is 9.90 Å². The second-order valence-corrected chi connectivity index (χ2v) is 6.65. The van der Waals surface area contributed by atoms with Gasteiger partial charge in [-0.2, -0.15) is 0 Å². The van der Waals surface area contributed by atoms with Crippen molar-refractivity contribution in [1.82, 2.24) is 5.32 Å². The second kappa shape index (κ2) is 5.20. The molecular formula is C15H25NO2. The molecule has 0 radical (unpaired) electrons. The topological polar surface area (TPSA) is 49.3 Å². The van der Waals surface area contributed by atoms with Crippen molar-refractivity contribution in [1.29, 1.82) is 0 Å². The van der Waals surface area contributed by atoms with E-state index >= 15 is 0 Å². The maximum absolute atomic E-state index is 10.9. The van der Waals surface area contributed by atoms with E-state index in [2.05, 4.69) is 5.32 Å². The van der Waals surface area contributed by atoms with Gasteiger partial charge in [-0.15, -0.1) is 0 Å². The van der Waals surface area contributed by atoms with Crippen molar-refractivity contribution in [2.24, 2.45) is 23.7 Å². The van der Waals surface area contributed by atoms with Gasteiger partial charge in [0.15, 0.2) is 0 Å². The molecule has 0 bridgehead atoms. The average molecular weight is 251 g/mol. The molecule has 0 spiro atoms. The van der Waals surface area contributed by atoms with Crippen LogP contribution in [-0.2, 0) is 4.79 Å². The summed E-state index contributed by atoms with van der Waals surface area (Å²) in [5, 5.41) is 12.6. The minimum absolute atomic E-state index is 0.0771. The summed E-state index contributed by atoms with van der Waals surface area (Å²) in [6.07, 6.45) is 9.70. The van der Waals surface area contributed by atoms with E-state index < -0.39 is 5.97 Å². The van der Waals surface area contributed by atoms with Gasteiger partial charge in [0.1, 0.15) is 0 Å². The number of nitrogens with one attached hydrogen (secondary N) is 1. The summed E-state index contributed by atoms with van der Waals surface area (Å²) >= 11 is 0. The van der Waals surface area contributed by atoms with Crippen molar-refractivity contribution in [3.8, 4) is 0 Å². The fourth-order valence-electron chi connectivity index (χ4n) is 3.81. The largest absolute Gasteiger partial charge is 0.481 e. The molecule has 3 aliphatic rings. The average Bonchev–Trinajstić information content (AvgIpc) is 3.04. The first kappa shape index (κ1) is 12.5. The Labute approximate surface area is 109 Å². The predicted octanol–water partition coefficient (Wildman–Crippen LogP) is 2.66. The van der Waals surface area contributed by atoms with Crippen LogP contribution in [0.15, 0.2) is 0 Å². The van der Waals surface area contributed by atoms with Crippen LogP contribution in [0.5, 0.6) is 0 Å². The number of carbonyl (C=O) groups is 1. The van der Waals surface area contributed by atoms with Gasteiger partial charge in [-0.25, -0.2) is 0 Å². The first-order valence-corrected chi connectivity index (χ1v) is 7.70. The fraction of sp³-hybridized carbons (Fsp3) is 0.933. The van der Waals surface area contributed by atoms with Gasteiger partial charge < -0.3 is 10.4 Å². The number of rotatable bonds is 5.